The van der Waals surface area contributed by atoms with Crippen LogP contribution in [0.1, 0.15) is 18.2 Å². The first-order valence-electron chi connectivity index (χ1n) is 8.00. The van der Waals surface area contributed by atoms with Crippen molar-refractivity contribution in [1.29, 1.82) is 5.26 Å². The van der Waals surface area contributed by atoms with Crippen LogP contribution in [-0.4, -0.2) is 20.8 Å². The summed E-state index contributed by atoms with van der Waals surface area (Å²) >= 11 is 0. The van der Waals surface area contributed by atoms with Gasteiger partial charge in [-0.1, -0.05) is 12.1 Å². The number of aromatic nitrogens is 3. The zero-order chi connectivity index (χ0) is 16.5. The standard InChI is InChI=1S/C19H17N5/c1-13-12-24-17(11-22-13)18(15-5-7-21-8-6-15)19(23-24)16-4-2-3-14(9-16)10-20/h2-9,13,22H,11-12H2,1H3/t13-/m0/s1. The molecule has 5 heteroatoms. The largest absolute Gasteiger partial charge is 0.307 e. The lowest BCUT2D eigenvalue weighted by atomic mass is 9.98. The zero-order valence-electron chi connectivity index (χ0n) is 13.4. The number of nitrogens with zero attached hydrogens (tertiary/aromatic N) is 4. The number of pyridine rings is 1. The molecule has 0 saturated heterocycles. The Morgan fingerprint density at radius 1 is 1.21 bits per heavy atom. The third-order valence-electron chi connectivity index (χ3n) is 4.36. The van der Waals surface area contributed by atoms with Gasteiger partial charge in [0.1, 0.15) is 5.69 Å². The molecule has 1 atom stereocenters. The quantitative estimate of drug-likeness (QED) is 0.789. The molecule has 1 aliphatic rings. The minimum atomic E-state index is 0.390. The third kappa shape index (κ3) is 2.47. The molecule has 1 aliphatic heterocycles. The van der Waals surface area contributed by atoms with E-state index in [-0.39, 0.29) is 0 Å². The summed E-state index contributed by atoms with van der Waals surface area (Å²) in [6.07, 6.45) is 3.60. The van der Waals surface area contributed by atoms with Gasteiger partial charge in [0.15, 0.2) is 0 Å². The van der Waals surface area contributed by atoms with Gasteiger partial charge in [0.05, 0.1) is 23.9 Å². The fourth-order valence-corrected chi connectivity index (χ4v) is 3.18. The molecule has 0 bridgehead atoms. The number of hydrogen-bond donors (Lipinski definition) is 1. The summed E-state index contributed by atoms with van der Waals surface area (Å²) in [5, 5.41) is 17.6. The molecule has 5 nitrogen and oxygen atoms in total. The average Bonchev–Trinajstić information content (AvgIpc) is 3.01. The second-order valence-electron chi connectivity index (χ2n) is 6.06. The molecule has 118 valence electrons. The van der Waals surface area contributed by atoms with Crippen LogP contribution in [0, 0.1) is 11.3 Å². The zero-order valence-corrected chi connectivity index (χ0v) is 13.4. The normalized spacial score (nSPS) is 16.4. The molecule has 0 aliphatic carbocycles. The van der Waals surface area contributed by atoms with Crippen LogP contribution in [0.2, 0.25) is 0 Å². The Labute approximate surface area is 140 Å². The summed E-state index contributed by atoms with van der Waals surface area (Å²) in [6, 6.07) is 14.2. The second kappa shape index (κ2) is 5.91. The number of rotatable bonds is 2. The van der Waals surface area contributed by atoms with Crippen LogP contribution in [0.25, 0.3) is 22.4 Å². The highest BCUT2D eigenvalue weighted by atomic mass is 15.3. The molecule has 0 radical (unpaired) electrons. The summed E-state index contributed by atoms with van der Waals surface area (Å²) in [6.45, 7) is 3.78. The molecule has 3 heterocycles. The minimum Gasteiger partial charge on any atom is -0.307 e. The lowest BCUT2D eigenvalue weighted by Gasteiger charge is -2.22. The third-order valence-corrected chi connectivity index (χ3v) is 4.36. The fraction of sp³-hybridized carbons (Fsp3) is 0.211. The lowest BCUT2D eigenvalue weighted by Crippen LogP contribution is -2.36. The number of hydrogen-bond acceptors (Lipinski definition) is 4. The van der Waals surface area contributed by atoms with Gasteiger partial charge >= 0.3 is 0 Å². The number of nitriles is 1. The molecule has 2 aromatic heterocycles. The maximum Gasteiger partial charge on any atom is 0.101 e. The summed E-state index contributed by atoms with van der Waals surface area (Å²) in [5.74, 6) is 0. The SMILES string of the molecule is C[C@H]1Cn2nc(-c3cccc(C#N)c3)c(-c3ccncc3)c2CN1. The first kappa shape index (κ1) is 14.6. The topological polar surface area (TPSA) is 66.5 Å². The smallest absolute Gasteiger partial charge is 0.101 e. The predicted octanol–water partition coefficient (Wildman–Crippen LogP) is 2.98. The van der Waals surface area contributed by atoms with Gasteiger partial charge in [-0.05, 0) is 36.8 Å². The van der Waals surface area contributed by atoms with Crippen LogP contribution in [0.4, 0.5) is 0 Å². The van der Waals surface area contributed by atoms with Crippen LogP contribution in [0.5, 0.6) is 0 Å². The minimum absolute atomic E-state index is 0.390. The summed E-state index contributed by atoms with van der Waals surface area (Å²) in [5.41, 5.74) is 5.92. The van der Waals surface area contributed by atoms with Crippen molar-refractivity contribution in [3.05, 3.63) is 60.0 Å². The predicted molar refractivity (Wildman–Crippen MR) is 91.9 cm³/mol. The molecule has 24 heavy (non-hydrogen) atoms. The summed E-state index contributed by atoms with van der Waals surface area (Å²) in [4.78, 5) is 4.12. The first-order chi connectivity index (χ1) is 11.8. The Morgan fingerprint density at radius 2 is 2.04 bits per heavy atom. The number of nitrogens with one attached hydrogen (secondary N) is 1. The van der Waals surface area contributed by atoms with Crippen molar-refractivity contribution in [2.24, 2.45) is 0 Å². The van der Waals surface area contributed by atoms with E-state index in [1.165, 1.54) is 5.69 Å². The Balaban J connectivity index is 1.95. The highest BCUT2D eigenvalue weighted by Gasteiger charge is 2.24. The van der Waals surface area contributed by atoms with Gasteiger partial charge in [-0.3, -0.25) is 9.67 Å². The molecule has 0 unspecified atom stereocenters. The maximum absolute atomic E-state index is 9.20. The van der Waals surface area contributed by atoms with Crippen LogP contribution in [-0.2, 0) is 13.1 Å². The monoisotopic (exact) mass is 315 g/mol. The Morgan fingerprint density at radius 3 is 2.83 bits per heavy atom. The highest BCUT2D eigenvalue weighted by Crippen LogP contribution is 2.35. The van der Waals surface area contributed by atoms with Gasteiger partial charge < -0.3 is 5.32 Å². The molecule has 1 N–H and O–H groups in total. The molecule has 1 aromatic carbocycles. The van der Waals surface area contributed by atoms with E-state index in [0.29, 0.717) is 11.6 Å². The van der Waals surface area contributed by atoms with E-state index in [2.05, 4.69) is 28.0 Å². The molecule has 0 amide bonds. The molecular weight excluding hydrogens is 298 g/mol. The maximum atomic E-state index is 9.20. The van der Waals surface area contributed by atoms with E-state index in [9.17, 15) is 5.26 Å². The Bertz CT molecular complexity index is 921. The van der Waals surface area contributed by atoms with E-state index in [0.717, 1.165) is 35.5 Å². The van der Waals surface area contributed by atoms with Crippen LogP contribution in [0.15, 0.2) is 48.8 Å². The van der Waals surface area contributed by atoms with Crippen molar-refractivity contribution in [3.63, 3.8) is 0 Å². The van der Waals surface area contributed by atoms with Crippen LogP contribution >= 0.6 is 0 Å². The van der Waals surface area contributed by atoms with Crippen molar-refractivity contribution in [3.8, 4) is 28.5 Å². The van der Waals surface area contributed by atoms with Crippen LogP contribution in [0.3, 0.4) is 0 Å². The van der Waals surface area contributed by atoms with E-state index >= 15 is 0 Å². The molecule has 3 aromatic rings. The Kier molecular flexibility index (Phi) is 3.60. The molecular formula is C19H17N5. The molecule has 4 rings (SSSR count). The van der Waals surface area contributed by atoms with Crippen molar-refractivity contribution in [1.82, 2.24) is 20.1 Å². The van der Waals surface area contributed by atoms with Gasteiger partial charge in [-0.2, -0.15) is 10.4 Å². The molecule has 0 spiro atoms. The van der Waals surface area contributed by atoms with Gasteiger partial charge in [-0.15, -0.1) is 0 Å². The highest BCUT2D eigenvalue weighted by molar-refractivity contribution is 5.83. The number of benzene rings is 1. The van der Waals surface area contributed by atoms with Gasteiger partial charge in [0, 0.05) is 36.1 Å². The summed E-state index contributed by atoms with van der Waals surface area (Å²) in [7, 11) is 0. The van der Waals surface area contributed by atoms with Crippen molar-refractivity contribution < 1.29 is 0 Å². The lowest BCUT2D eigenvalue weighted by molar-refractivity contribution is 0.390. The average molecular weight is 315 g/mol. The first-order valence-corrected chi connectivity index (χ1v) is 8.00. The summed E-state index contributed by atoms with van der Waals surface area (Å²) < 4.78 is 2.09. The van der Waals surface area contributed by atoms with E-state index in [1.54, 1.807) is 12.4 Å². The van der Waals surface area contributed by atoms with E-state index in [4.69, 9.17) is 5.10 Å². The van der Waals surface area contributed by atoms with E-state index in [1.807, 2.05) is 36.4 Å². The van der Waals surface area contributed by atoms with Crippen molar-refractivity contribution in [2.75, 3.05) is 0 Å². The van der Waals surface area contributed by atoms with Gasteiger partial charge in [-0.25, -0.2) is 0 Å². The van der Waals surface area contributed by atoms with Crippen molar-refractivity contribution in [2.45, 2.75) is 26.1 Å². The Hall–Kier alpha value is -2.97. The van der Waals surface area contributed by atoms with Crippen LogP contribution < -0.4 is 5.32 Å². The van der Waals surface area contributed by atoms with E-state index < -0.39 is 0 Å². The molecule has 0 saturated carbocycles. The number of fused-ring (bicyclic) bond motifs is 1. The molecule has 0 fully saturated rings. The second-order valence-corrected chi connectivity index (χ2v) is 6.06. The van der Waals surface area contributed by atoms with Crippen molar-refractivity contribution >= 4 is 0 Å². The van der Waals surface area contributed by atoms with Gasteiger partial charge in [0.2, 0.25) is 0 Å². The van der Waals surface area contributed by atoms with Gasteiger partial charge in [0.25, 0.3) is 0 Å². The fourth-order valence-electron chi connectivity index (χ4n) is 3.18.